The van der Waals surface area contributed by atoms with Gasteiger partial charge in [-0.25, -0.2) is 17.6 Å². The predicted octanol–water partition coefficient (Wildman–Crippen LogP) is 3.39. The molecule has 0 spiro atoms. The summed E-state index contributed by atoms with van der Waals surface area (Å²) in [7, 11) is 0. The van der Waals surface area contributed by atoms with E-state index < -0.39 is 29.4 Å². The van der Waals surface area contributed by atoms with Gasteiger partial charge in [0.25, 0.3) is 0 Å². The summed E-state index contributed by atoms with van der Waals surface area (Å²) in [6, 6.07) is 6.39. The molecule has 1 nitrogen and oxygen atoms in total. The molecule has 2 rings (SSSR count). The number of aliphatic hydroxyl groups is 1. The molecule has 2 aromatic carbocycles. The first-order chi connectivity index (χ1) is 9.45. The maximum atomic E-state index is 13.4. The Morgan fingerprint density at radius 1 is 0.800 bits per heavy atom. The van der Waals surface area contributed by atoms with E-state index in [9.17, 15) is 22.7 Å². The normalized spacial score (nSPS) is 12.4. The minimum Gasteiger partial charge on any atom is -0.392 e. The quantitative estimate of drug-likeness (QED) is 0.853. The van der Waals surface area contributed by atoms with Gasteiger partial charge in [-0.15, -0.1) is 0 Å². The van der Waals surface area contributed by atoms with E-state index in [2.05, 4.69) is 0 Å². The molecule has 0 radical (unpaired) electrons. The lowest BCUT2D eigenvalue weighted by Crippen LogP contribution is -2.15. The van der Waals surface area contributed by atoms with Crippen LogP contribution in [0, 0.1) is 23.3 Å². The van der Waals surface area contributed by atoms with Crippen LogP contribution in [0.3, 0.4) is 0 Å². The molecule has 1 atom stereocenters. The monoisotopic (exact) mass is 284 g/mol. The predicted molar refractivity (Wildman–Crippen MR) is 66.1 cm³/mol. The average Bonchev–Trinajstić information content (AvgIpc) is 2.37. The van der Waals surface area contributed by atoms with E-state index in [1.54, 1.807) is 0 Å². The van der Waals surface area contributed by atoms with Gasteiger partial charge in [0.05, 0.1) is 6.10 Å². The van der Waals surface area contributed by atoms with Crippen LogP contribution in [0.25, 0.3) is 0 Å². The first-order valence-electron chi connectivity index (χ1n) is 6.01. The lowest BCUT2D eigenvalue weighted by atomic mass is 10.0. The molecule has 1 N–H and O–H groups in total. The molecule has 106 valence electrons. The van der Waals surface area contributed by atoms with E-state index in [1.807, 2.05) is 0 Å². The van der Waals surface area contributed by atoms with Crippen LogP contribution in [0.1, 0.15) is 11.1 Å². The van der Waals surface area contributed by atoms with Gasteiger partial charge in [0.2, 0.25) is 0 Å². The fourth-order valence-corrected chi connectivity index (χ4v) is 1.95. The van der Waals surface area contributed by atoms with Crippen LogP contribution in [-0.4, -0.2) is 11.2 Å². The fourth-order valence-electron chi connectivity index (χ4n) is 1.95. The molecule has 0 aromatic heterocycles. The molecule has 0 amide bonds. The Labute approximate surface area is 113 Å². The Hall–Kier alpha value is -1.88. The molecule has 0 aliphatic rings. The van der Waals surface area contributed by atoms with Crippen molar-refractivity contribution in [3.63, 3.8) is 0 Å². The molecule has 0 saturated heterocycles. The second-order valence-corrected chi connectivity index (χ2v) is 4.55. The van der Waals surface area contributed by atoms with Gasteiger partial charge in [-0.2, -0.15) is 0 Å². The van der Waals surface area contributed by atoms with E-state index in [1.165, 1.54) is 12.1 Å². The van der Waals surface area contributed by atoms with Crippen LogP contribution in [0.5, 0.6) is 0 Å². The molecular weight excluding hydrogens is 272 g/mol. The highest BCUT2D eigenvalue weighted by Crippen LogP contribution is 2.15. The van der Waals surface area contributed by atoms with Crippen molar-refractivity contribution in [1.29, 1.82) is 0 Å². The van der Waals surface area contributed by atoms with Gasteiger partial charge < -0.3 is 5.11 Å². The second kappa shape index (κ2) is 6.05. The van der Waals surface area contributed by atoms with Crippen molar-refractivity contribution in [2.75, 3.05) is 0 Å². The van der Waals surface area contributed by atoms with Gasteiger partial charge in [-0.3, -0.25) is 0 Å². The van der Waals surface area contributed by atoms with Gasteiger partial charge in [-0.1, -0.05) is 12.1 Å². The molecule has 0 saturated carbocycles. The Balaban J connectivity index is 2.04. The summed E-state index contributed by atoms with van der Waals surface area (Å²) in [5.74, 6) is -3.40. The number of aliphatic hydroxyl groups excluding tert-OH is 1. The minimum atomic E-state index is -0.998. The SMILES string of the molecule is OC(Cc1ccc(F)c(F)c1)Cc1ccc(F)cc1F. The molecule has 0 bridgehead atoms. The van der Waals surface area contributed by atoms with Crippen molar-refractivity contribution < 1.29 is 22.7 Å². The van der Waals surface area contributed by atoms with Gasteiger partial charge in [0.1, 0.15) is 11.6 Å². The van der Waals surface area contributed by atoms with Crippen molar-refractivity contribution in [3.8, 4) is 0 Å². The third-order valence-corrected chi connectivity index (χ3v) is 2.93. The molecule has 0 aliphatic heterocycles. The Kier molecular flexibility index (Phi) is 4.39. The Bertz CT molecular complexity index is 613. The Morgan fingerprint density at radius 3 is 2.20 bits per heavy atom. The summed E-state index contributed by atoms with van der Waals surface area (Å²) in [5.41, 5.74) is 0.570. The zero-order valence-corrected chi connectivity index (χ0v) is 10.4. The van der Waals surface area contributed by atoms with Crippen LogP contribution >= 0.6 is 0 Å². The zero-order chi connectivity index (χ0) is 14.7. The second-order valence-electron chi connectivity index (χ2n) is 4.55. The van der Waals surface area contributed by atoms with Crippen LogP contribution in [0.4, 0.5) is 17.6 Å². The summed E-state index contributed by atoms with van der Waals surface area (Å²) in [6.45, 7) is 0. The highest BCUT2D eigenvalue weighted by atomic mass is 19.2. The van der Waals surface area contributed by atoms with E-state index in [4.69, 9.17) is 0 Å². The van der Waals surface area contributed by atoms with Crippen molar-refractivity contribution in [3.05, 3.63) is 70.8 Å². The summed E-state index contributed by atoms with van der Waals surface area (Å²) >= 11 is 0. The van der Waals surface area contributed by atoms with Gasteiger partial charge in [-0.05, 0) is 35.7 Å². The third-order valence-electron chi connectivity index (χ3n) is 2.93. The smallest absolute Gasteiger partial charge is 0.159 e. The molecular formula is C15H12F4O. The number of hydrogen-bond donors (Lipinski definition) is 1. The van der Waals surface area contributed by atoms with Gasteiger partial charge in [0, 0.05) is 12.5 Å². The summed E-state index contributed by atoms with van der Waals surface area (Å²) in [6.07, 6.45) is -0.959. The van der Waals surface area contributed by atoms with Crippen LogP contribution in [-0.2, 0) is 12.8 Å². The molecule has 0 heterocycles. The largest absolute Gasteiger partial charge is 0.392 e. The first-order valence-corrected chi connectivity index (χ1v) is 6.01. The van der Waals surface area contributed by atoms with Crippen LogP contribution in [0.2, 0.25) is 0 Å². The highest BCUT2D eigenvalue weighted by Gasteiger charge is 2.12. The average molecular weight is 284 g/mol. The van der Waals surface area contributed by atoms with Crippen molar-refractivity contribution >= 4 is 0 Å². The minimum absolute atomic E-state index is 0.0366. The molecule has 0 fully saturated rings. The van der Waals surface area contributed by atoms with Gasteiger partial charge in [0.15, 0.2) is 11.6 Å². The molecule has 1 unspecified atom stereocenters. The van der Waals surface area contributed by atoms with E-state index >= 15 is 0 Å². The van der Waals surface area contributed by atoms with Crippen molar-refractivity contribution in [1.82, 2.24) is 0 Å². The molecule has 20 heavy (non-hydrogen) atoms. The topological polar surface area (TPSA) is 20.2 Å². The lowest BCUT2D eigenvalue weighted by Gasteiger charge is -2.11. The number of hydrogen-bond acceptors (Lipinski definition) is 1. The number of halogens is 4. The van der Waals surface area contributed by atoms with E-state index in [0.717, 1.165) is 24.3 Å². The van der Waals surface area contributed by atoms with Crippen molar-refractivity contribution in [2.24, 2.45) is 0 Å². The zero-order valence-electron chi connectivity index (χ0n) is 10.4. The molecule has 2 aromatic rings. The van der Waals surface area contributed by atoms with Crippen LogP contribution in [0.15, 0.2) is 36.4 Å². The summed E-state index contributed by atoms with van der Waals surface area (Å²) < 4.78 is 51.9. The highest BCUT2D eigenvalue weighted by molar-refractivity contribution is 5.22. The molecule has 5 heteroatoms. The fraction of sp³-hybridized carbons (Fsp3) is 0.200. The van der Waals surface area contributed by atoms with Crippen molar-refractivity contribution in [2.45, 2.75) is 18.9 Å². The maximum Gasteiger partial charge on any atom is 0.159 e. The summed E-state index contributed by atoms with van der Waals surface area (Å²) in [4.78, 5) is 0. The number of rotatable bonds is 4. The molecule has 0 aliphatic carbocycles. The van der Waals surface area contributed by atoms with E-state index in [0.29, 0.717) is 5.56 Å². The summed E-state index contributed by atoms with van der Waals surface area (Å²) in [5, 5.41) is 9.83. The standard InChI is InChI=1S/C15H12F4O/c16-11-3-2-10(14(18)8-11)7-12(20)5-9-1-4-13(17)15(19)6-9/h1-4,6,8,12,20H,5,7H2. The third kappa shape index (κ3) is 3.57. The van der Waals surface area contributed by atoms with Gasteiger partial charge >= 0.3 is 0 Å². The first kappa shape index (κ1) is 14.5. The van der Waals surface area contributed by atoms with Crippen LogP contribution < -0.4 is 0 Å². The van der Waals surface area contributed by atoms with E-state index in [-0.39, 0.29) is 18.4 Å². The number of benzene rings is 2. The Morgan fingerprint density at radius 2 is 1.55 bits per heavy atom. The lowest BCUT2D eigenvalue weighted by molar-refractivity contribution is 0.174. The maximum absolute atomic E-state index is 13.4.